The molecule has 1 N–H and O–H groups in total. The predicted molar refractivity (Wildman–Crippen MR) is 108 cm³/mol. The molecule has 6 nitrogen and oxygen atoms in total. The molecule has 0 aliphatic rings. The number of fused-ring (bicyclic) bond motifs is 1. The molecule has 0 aliphatic carbocycles. The summed E-state index contributed by atoms with van der Waals surface area (Å²) in [6, 6.07) is 19.4. The summed E-state index contributed by atoms with van der Waals surface area (Å²) in [5.41, 5.74) is 4.98. The Kier molecular flexibility index (Phi) is 4.95. The van der Waals surface area contributed by atoms with Gasteiger partial charge < -0.3 is 9.47 Å². The Morgan fingerprint density at radius 1 is 1.04 bits per heavy atom. The zero-order valence-corrected chi connectivity index (χ0v) is 15.8. The van der Waals surface area contributed by atoms with Gasteiger partial charge in [0.2, 0.25) is 0 Å². The van der Waals surface area contributed by atoms with Gasteiger partial charge in [-0.1, -0.05) is 42.5 Å². The second kappa shape index (κ2) is 7.70. The van der Waals surface area contributed by atoms with E-state index in [2.05, 4.69) is 22.2 Å². The number of methoxy groups -OCH3 is 2. The smallest absolute Gasteiger partial charge is 0.273 e. The van der Waals surface area contributed by atoms with Gasteiger partial charge in [-0.3, -0.25) is 9.89 Å². The SMILES string of the molecule is COCc1cc(=O)n2[nH]c(Cc3ccccc3)c(-c3ccc(OC)cc3)c2n1. The minimum Gasteiger partial charge on any atom is -0.497 e. The molecule has 0 saturated heterocycles. The van der Waals surface area contributed by atoms with Crippen molar-refractivity contribution in [2.24, 2.45) is 0 Å². The van der Waals surface area contributed by atoms with Crippen LogP contribution in [0.3, 0.4) is 0 Å². The number of nitrogens with one attached hydrogen (secondary N) is 1. The Labute approximate surface area is 162 Å². The third kappa shape index (κ3) is 3.42. The van der Waals surface area contributed by atoms with Crippen molar-refractivity contribution < 1.29 is 9.47 Å². The average Bonchev–Trinajstić information content (AvgIpc) is 3.07. The Morgan fingerprint density at radius 3 is 2.46 bits per heavy atom. The molecular weight excluding hydrogens is 354 g/mol. The van der Waals surface area contributed by atoms with Crippen molar-refractivity contribution in [3.8, 4) is 16.9 Å². The minimum atomic E-state index is -0.161. The molecule has 4 rings (SSSR count). The van der Waals surface area contributed by atoms with Crippen LogP contribution in [0.5, 0.6) is 5.75 Å². The molecule has 0 saturated carbocycles. The Balaban J connectivity index is 1.93. The molecule has 0 fully saturated rings. The molecule has 6 heteroatoms. The maximum Gasteiger partial charge on any atom is 0.273 e. The number of hydrogen-bond acceptors (Lipinski definition) is 4. The maximum atomic E-state index is 12.6. The summed E-state index contributed by atoms with van der Waals surface area (Å²) in [6.07, 6.45) is 0.657. The van der Waals surface area contributed by atoms with Crippen molar-refractivity contribution in [1.82, 2.24) is 14.6 Å². The number of benzene rings is 2. The van der Waals surface area contributed by atoms with Crippen LogP contribution < -0.4 is 10.3 Å². The third-order valence-electron chi connectivity index (χ3n) is 4.64. The molecule has 4 aromatic rings. The van der Waals surface area contributed by atoms with Crippen LogP contribution in [-0.4, -0.2) is 28.8 Å². The highest BCUT2D eigenvalue weighted by molar-refractivity contribution is 5.80. The molecule has 2 aromatic carbocycles. The summed E-state index contributed by atoms with van der Waals surface area (Å²) >= 11 is 0. The van der Waals surface area contributed by atoms with Crippen LogP contribution in [0, 0.1) is 0 Å². The molecule has 0 amide bonds. The number of hydrogen-bond donors (Lipinski definition) is 1. The number of rotatable bonds is 6. The quantitative estimate of drug-likeness (QED) is 0.561. The summed E-state index contributed by atoms with van der Waals surface area (Å²) in [5.74, 6) is 0.776. The molecule has 2 aromatic heterocycles. The number of aromatic amines is 1. The molecule has 0 bridgehead atoms. The van der Waals surface area contributed by atoms with Crippen molar-refractivity contribution in [2.75, 3.05) is 14.2 Å². The highest BCUT2D eigenvalue weighted by atomic mass is 16.5. The van der Waals surface area contributed by atoms with E-state index >= 15 is 0 Å². The van der Waals surface area contributed by atoms with Crippen LogP contribution in [-0.2, 0) is 17.8 Å². The first-order valence-electron chi connectivity index (χ1n) is 9.00. The van der Waals surface area contributed by atoms with E-state index in [0.717, 1.165) is 28.1 Å². The molecule has 0 aliphatic heterocycles. The van der Waals surface area contributed by atoms with Crippen LogP contribution in [0.1, 0.15) is 17.0 Å². The minimum absolute atomic E-state index is 0.161. The largest absolute Gasteiger partial charge is 0.497 e. The fourth-order valence-corrected chi connectivity index (χ4v) is 3.34. The van der Waals surface area contributed by atoms with Crippen LogP contribution in [0.2, 0.25) is 0 Å². The second-order valence-corrected chi connectivity index (χ2v) is 6.53. The zero-order valence-electron chi connectivity index (χ0n) is 15.8. The molecule has 0 radical (unpaired) electrons. The first kappa shape index (κ1) is 18.0. The topological polar surface area (TPSA) is 68.6 Å². The van der Waals surface area contributed by atoms with Gasteiger partial charge in [0.25, 0.3) is 5.56 Å². The van der Waals surface area contributed by atoms with E-state index in [9.17, 15) is 4.79 Å². The van der Waals surface area contributed by atoms with Gasteiger partial charge >= 0.3 is 0 Å². The van der Waals surface area contributed by atoms with Gasteiger partial charge in [0.1, 0.15) is 5.75 Å². The fraction of sp³-hybridized carbons (Fsp3) is 0.182. The lowest BCUT2D eigenvalue weighted by molar-refractivity contribution is 0.181. The van der Waals surface area contributed by atoms with E-state index in [-0.39, 0.29) is 12.2 Å². The summed E-state index contributed by atoms with van der Waals surface area (Å²) in [7, 11) is 3.23. The van der Waals surface area contributed by atoms with E-state index in [1.165, 1.54) is 10.6 Å². The Bertz CT molecular complexity index is 1150. The summed E-state index contributed by atoms with van der Waals surface area (Å²) in [5, 5.41) is 3.25. The standard InChI is InChI=1S/C22H21N3O3/c1-27-14-17-13-20(26)25-22(23-17)21(16-8-10-18(28-2)11-9-16)19(24-25)12-15-6-4-3-5-7-15/h3-11,13,24H,12,14H2,1-2H3. The van der Waals surface area contributed by atoms with Crippen LogP contribution in [0.25, 0.3) is 16.8 Å². The number of H-pyrrole nitrogens is 1. The Morgan fingerprint density at radius 2 is 1.79 bits per heavy atom. The fourth-order valence-electron chi connectivity index (χ4n) is 3.34. The van der Waals surface area contributed by atoms with E-state index in [0.29, 0.717) is 17.8 Å². The maximum absolute atomic E-state index is 12.6. The van der Waals surface area contributed by atoms with E-state index in [1.54, 1.807) is 14.2 Å². The van der Waals surface area contributed by atoms with Gasteiger partial charge in [-0.15, -0.1) is 0 Å². The summed E-state index contributed by atoms with van der Waals surface area (Å²) in [4.78, 5) is 17.3. The van der Waals surface area contributed by atoms with Crippen LogP contribution in [0.4, 0.5) is 0 Å². The monoisotopic (exact) mass is 375 g/mol. The van der Waals surface area contributed by atoms with Crippen molar-refractivity contribution in [3.63, 3.8) is 0 Å². The van der Waals surface area contributed by atoms with Gasteiger partial charge in [-0.2, -0.15) is 0 Å². The highest BCUT2D eigenvalue weighted by Gasteiger charge is 2.17. The van der Waals surface area contributed by atoms with E-state index in [4.69, 9.17) is 9.47 Å². The number of nitrogens with zero attached hydrogens (tertiary/aromatic N) is 2. The van der Waals surface area contributed by atoms with Crippen LogP contribution >= 0.6 is 0 Å². The Hall–Kier alpha value is -3.38. The van der Waals surface area contributed by atoms with Gasteiger partial charge in [0.05, 0.1) is 19.4 Å². The number of aromatic nitrogens is 3. The van der Waals surface area contributed by atoms with Gasteiger partial charge in [0, 0.05) is 30.9 Å². The van der Waals surface area contributed by atoms with Crippen molar-refractivity contribution in [3.05, 3.63) is 88.0 Å². The van der Waals surface area contributed by atoms with E-state index in [1.807, 2.05) is 42.5 Å². The average molecular weight is 375 g/mol. The van der Waals surface area contributed by atoms with Crippen molar-refractivity contribution in [1.29, 1.82) is 0 Å². The molecule has 2 heterocycles. The van der Waals surface area contributed by atoms with Gasteiger partial charge in [-0.05, 0) is 23.3 Å². The molecule has 142 valence electrons. The van der Waals surface area contributed by atoms with Crippen LogP contribution in [0.15, 0.2) is 65.5 Å². The lowest BCUT2D eigenvalue weighted by Gasteiger charge is -2.06. The molecule has 28 heavy (non-hydrogen) atoms. The van der Waals surface area contributed by atoms with Crippen molar-refractivity contribution in [2.45, 2.75) is 13.0 Å². The van der Waals surface area contributed by atoms with Gasteiger partial charge in [-0.25, -0.2) is 9.50 Å². The summed E-state index contributed by atoms with van der Waals surface area (Å²) < 4.78 is 11.9. The first-order chi connectivity index (χ1) is 13.7. The molecule has 0 atom stereocenters. The molecular formula is C22H21N3O3. The lowest BCUT2D eigenvalue weighted by atomic mass is 10.0. The molecule has 0 spiro atoms. The zero-order chi connectivity index (χ0) is 19.5. The van der Waals surface area contributed by atoms with Gasteiger partial charge in [0.15, 0.2) is 5.65 Å². The summed E-state index contributed by atoms with van der Waals surface area (Å²) in [6.45, 7) is 0.285. The highest BCUT2D eigenvalue weighted by Crippen LogP contribution is 2.30. The number of ether oxygens (including phenoxy) is 2. The normalized spacial score (nSPS) is 11.1. The molecule has 0 unspecified atom stereocenters. The predicted octanol–water partition coefficient (Wildman–Crippen LogP) is 3.44. The third-order valence-corrected chi connectivity index (χ3v) is 4.64. The first-order valence-corrected chi connectivity index (χ1v) is 9.00. The van der Waals surface area contributed by atoms with Crippen molar-refractivity contribution >= 4 is 5.65 Å². The lowest BCUT2D eigenvalue weighted by Crippen LogP contribution is -2.16. The second-order valence-electron chi connectivity index (χ2n) is 6.53. The van der Waals surface area contributed by atoms with E-state index < -0.39 is 0 Å².